The zero-order valence-electron chi connectivity index (χ0n) is 10.4. The number of fused-ring (bicyclic) bond motifs is 2. The molecule has 0 aromatic heterocycles. The third-order valence-corrected chi connectivity index (χ3v) is 5.32. The molecule has 0 spiro atoms. The molecule has 3 aliphatic heterocycles. The van der Waals surface area contributed by atoms with E-state index in [1.807, 2.05) is 6.92 Å². The molecule has 3 heterocycles. The van der Waals surface area contributed by atoms with Crippen LogP contribution in [-0.4, -0.2) is 35.2 Å². The lowest BCUT2D eigenvalue weighted by Gasteiger charge is -2.48. The summed E-state index contributed by atoms with van der Waals surface area (Å²) in [7, 11) is 0. The van der Waals surface area contributed by atoms with Crippen molar-refractivity contribution in [3.05, 3.63) is 0 Å². The minimum absolute atomic E-state index is 0.0975. The summed E-state index contributed by atoms with van der Waals surface area (Å²) in [4.78, 5) is 2.76. The molecule has 2 heteroatoms. The predicted molar refractivity (Wildman–Crippen MR) is 65.2 cm³/mol. The summed E-state index contributed by atoms with van der Waals surface area (Å²) in [5.41, 5.74) is 0. The lowest BCUT2D eigenvalue weighted by molar-refractivity contribution is 0.00792. The molecule has 0 aromatic carbocycles. The van der Waals surface area contributed by atoms with Crippen LogP contribution in [-0.2, 0) is 0 Å². The number of aliphatic hydroxyl groups excluding tert-OH is 1. The lowest BCUT2D eigenvalue weighted by atomic mass is 9.75. The summed E-state index contributed by atoms with van der Waals surface area (Å²) >= 11 is 0. The number of hydrogen-bond donors (Lipinski definition) is 1. The molecule has 4 fully saturated rings. The molecule has 16 heavy (non-hydrogen) atoms. The van der Waals surface area contributed by atoms with Gasteiger partial charge >= 0.3 is 0 Å². The van der Waals surface area contributed by atoms with E-state index in [0.29, 0.717) is 0 Å². The van der Waals surface area contributed by atoms with Gasteiger partial charge in [0.2, 0.25) is 0 Å². The zero-order chi connectivity index (χ0) is 11.1. The number of rotatable bonds is 3. The van der Waals surface area contributed by atoms with Gasteiger partial charge < -0.3 is 10.0 Å². The number of aliphatic hydroxyl groups is 1. The van der Waals surface area contributed by atoms with Crippen molar-refractivity contribution in [3.63, 3.8) is 0 Å². The molecule has 4 unspecified atom stereocenters. The second-order valence-corrected chi connectivity index (χ2v) is 6.37. The normalized spacial score (nSPS) is 48.0. The van der Waals surface area contributed by atoms with Gasteiger partial charge in [0.25, 0.3) is 0 Å². The highest BCUT2D eigenvalue weighted by Gasteiger charge is 2.47. The summed E-state index contributed by atoms with van der Waals surface area (Å²) in [5.74, 6) is 2.97. The molecule has 2 bridgehead atoms. The third kappa shape index (κ3) is 1.91. The van der Waals surface area contributed by atoms with E-state index in [0.717, 1.165) is 30.2 Å². The highest BCUT2D eigenvalue weighted by atomic mass is 16.3. The maximum atomic E-state index is 9.38. The smallest absolute Gasteiger partial charge is 0.0512 e. The maximum Gasteiger partial charge on any atom is 0.0512 e. The zero-order valence-corrected chi connectivity index (χ0v) is 10.4. The lowest BCUT2D eigenvalue weighted by Crippen LogP contribution is -2.52. The van der Waals surface area contributed by atoms with Crippen LogP contribution in [0.25, 0.3) is 0 Å². The molecular formula is C14H25NO. The van der Waals surface area contributed by atoms with E-state index in [4.69, 9.17) is 0 Å². The van der Waals surface area contributed by atoms with Crippen LogP contribution in [0.15, 0.2) is 0 Å². The number of piperidine rings is 3. The fraction of sp³-hybridized carbons (Fsp3) is 1.00. The molecule has 1 saturated carbocycles. The Morgan fingerprint density at radius 3 is 2.62 bits per heavy atom. The van der Waals surface area contributed by atoms with Crippen molar-refractivity contribution in [1.82, 2.24) is 4.90 Å². The van der Waals surface area contributed by atoms with Gasteiger partial charge in [-0.05, 0) is 76.3 Å². The molecule has 0 aromatic rings. The molecule has 0 amide bonds. The molecule has 2 nitrogen and oxygen atoms in total. The molecule has 92 valence electrons. The van der Waals surface area contributed by atoms with E-state index in [1.54, 1.807) is 0 Å². The van der Waals surface area contributed by atoms with E-state index >= 15 is 0 Å². The summed E-state index contributed by atoms with van der Waals surface area (Å²) in [6.45, 7) is 4.67. The number of hydrogen-bond acceptors (Lipinski definition) is 2. The van der Waals surface area contributed by atoms with Crippen LogP contribution >= 0.6 is 0 Å². The Labute approximate surface area is 99.0 Å². The van der Waals surface area contributed by atoms with E-state index in [-0.39, 0.29) is 6.10 Å². The largest absolute Gasteiger partial charge is 0.393 e. The molecule has 3 saturated heterocycles. The highest BCUT2D eigenvalue weighted by molar-refractivity contribution is 5.00. The van der Waals surface area contributed by atoms with Crippen molar-refractivity contribution >= 4 is 0 Å². The fourth-order valence-electron chi connectivity index (χ4n) is 4.47. The second-order valence-electron chi connectivity index (χ2n) is 6.37. The van der Waals surface area contributed by atoms with Gasteiger partial charge in [-0.15, -0.1) is 0 Å². The van der Waals surface area contributed by atoms with Gasteiger partial charge in [0.15, 0.2) is 0 Å². The first-order valence-electron chi connectivity index (χ1n) is 7.16. The second kappa shape index (κ2) is 4.30. The van der Waals surface area contributed by atoms with E-state index in [2.05, 4.69) is 4.90 Å². The van der Waals surface area contributed by atoms with Crippen LogP contribution in [0.5, 0.6) is 0 Å². The first kappa shape index (κ1) is 11.0. The van der Waals surface area contributed by atoms with Gasteiger partial charge in [-0.3, -0.25) is 0 Å². The van der Waals surface area contributed by atoms with Gasteiger partial charge in [-0.1, -0.05) is 0 Å². The fourth-order valence-corrected chi connectivity index (χ4v) is 4.47. The SMILES string of the molecule is CC(O)CCC1CC2C3CCN(CC3)C2C1. The highest BCUT2D eigenvalue weighted by Crippen LogP contribution is 2.48. The summed E-state index contributed by atoms with van der Waals surface area (Å²) in [6, 6.07) is 0.923. The van der Waals surface area contributed by atoms with Gasteiger partial charge in [0, 0.05) is 6.04 Å². The minimum atomic E-state index is -0.0975. The minimum Gasteiger partial charge on any atom is -0.393 e. The van der Waals surface area contributed by atoms with Crippen LogP contribution in [0.1, 0.15) is 45.4 Å². The van der Waals surface area contributed by atoms with Crippen LogP contribution in [0.3, 0.4) is 0 Å². The Kier molecular flexibility index (Phi) is 2.97. The monoisotopic (exact) mass is 223 g/mol. The Balaban J connectivity index is 1.59. The summed E-state index contributed by atoms with van der Waals surface area (Å²) < 4.78 is 0. The van der Waals surface area contributed by atoms with Gasteiger partial charge in [0.05, 0.1) is 6.10 Å². The molecule has 1 N–H and O–H groups in total. The van der Waals surface area contributed by atoms with Crippen molar-refractivity contribution in [2.75, 3.05) is 13.1 Å². The quantitative estimate of drug-likeness (QED) is 0.793. The topological polar surface area (TPSA) is 23.5 Å². The Bertz CT molecular complexity index is 225. The standard InChI is InChI=1S/C14H25NO/c1-10(16)2-3-11-8-13-12-4-6-15(7-5-12)14(13)9-11/h10-14,16H,2-9H2,1H3. The van der Waals surface area contributed by atoms with Gasteiger partial charge in [-0.2, -0.15) is 0 Å². The summed E-state index contributed by atoms with van der Waals surface area (Å²) in [6.07, 6.45) is 7.97. The number of nitrogens with zero attached hydrogens (tertiary/aromatic N) is 1. The first-order chi connectivity index (χ1) is 7.74. The molecular weight excluding hydrogens is 198 g/mol. The Hall–Kier alpha value is -0.0800. The van der Waals surface area contributed by atoms with Crippen molar-refractivity contribution in [2.24, 2.45) is 17.8 Å². The van der Waals surface area contributed by atoms with E-state index < -0.39 is 0 Å². The predicted octanol–water partition coefficient (Wildman–Crippen LogP) is 2.27. The van der Waals surface area contributed by atoms with Crippen LogP contribution in [0, 0.1) is 17.8 Å². The first-order valence-corrected chi connectivity index (χ1v) is 7.16. The van der Waals surface area contributed by atoms with Crippen molar-refractivity contribution in [3.8, 4) is 0 Å². The third-order valence-electron chi connectivity index (χ3n) is 5.32. The maximum absolute atomic E-state index is 9.38. The average Bonchev–Trinajstić information content (AvgIpc) is 2.73. The van der Waals surface area contributed by atoms with Crippen molar-refractivity contribution in [2.45, 2.75) is 57.6 Å². The molecule has 0 radical (unpaired) electrons. The molecule has 4 atom stereocenters. The Morgan fingerprint density at radius 1 is 1.25 bits per heavy atom. The van der Waals surface area contributed by atoms with Crippen LogP contribution in [0.4, 0.5) is 0 Å². The summed E-state index contributed by atoms with van der Waals surface area (Å²) in [5, 5.41) is 9.38. The van der Waals surface area contributed by atoms with Gasteiger partial charge in [-0.25, -0.2) is 0 Å². The average molecular weight is 223 g/mol. The molecule has 1 aliphatic carbocycles. The van der Waals surface area contributed by atoms with Crippen molar-refractivity contribution in [1.29, 1.82) is 0 Å². The molecule has 4 rings (SSSR count). The Morgan fingerprint density at radius 2 is 2.00 bits per heavy atom. The van der Waals surface area contributed by atoms with Crippen molar-refractivity contribution < 1.29 is 5.11 Å². The molecule has 4 aliphatic rings. The van der Waals surface area contributed by atoms with E-state index in [1.165, 1.54) is 45.2 Å². The van der Waals surface area contributed by atoms with E-state index in [9.17, 15) is 5.11 Å². The van der Waals surface area contributed by atoms with Crippen LogP contribution in [0.2, 0.25) is 0 Å². The van der Waals surface area contributed by atoms with Gasteiger partial charge in [0.1, 0.15) is 0 Å². The van der Waals surface area contributed by atoms with Crippen LogP contribution < -0.4 is 0 Å².